The normalized spacial score (nSPS) is 19.9. The number of aryl methyl sites for hydroxylation is 1. The van der Waals surface area contributed by atoms with E-state index in [-0.39, 0.29) is 12.4 Å². The third-order valence-corrected chi connectivity index (χ3v) is 4.69. The molecule has 0 aromatic heterocycles. The molecule has 1 aliphatic rings. The molecule has 1 fully saturated rings. The molecule has 19 heavy (non-hydrogen) atoms. The fraction of sp³-hybridized carbons (Fsp3) is 0.600. The third kappa shape index (κ3) is 5.07. The minimum atomic E-state index is 0. The molecule has 1 saturated heterocycles. The molecule has 0 radical (unpaired) electrons. The average molecular weight is 348 g/mol. The van der Waals surface area contributed by atoms with E-state index in [0.717, 1.165) is 19.1 Å². The summed E-state index contributed by atoms with van der Waals surface area (Å²) < 4.78 is 1.22. The highest BCUT2D eigenvalue weighted by Crippen LogP contribution is 2.20. The SMILES string of the molecule is Cc1ccc(CN(C)C2CCCNCC2)cc1Br.Cl. The van der Waals surface area contributed by atoms with E-state index in [9.17, 15) is 0 Å². The van der Waals surface area contributed by atoms with Crippen molar-refractivity contribution in [1.82, 2.24) is 10.2 Å². The van der Waals surface area contributed by atoms with E-state index in [1.807, 2.05) is 0 Å². The van der Waals surface area contributed by atoms with Gasteiger partial charge in [0.25, 0.3) is 0 Å². The fourth-order valence-electron chi connectivity index (χ4n) is 2.59. The molecule has 108 valence electrons. The Kier molecular flexibility index (Phi) is 7.37. The van der Waals surface area contributed by atoms with Gasteiger partial charge < -0.3 is 5.32 Å². The van der Waals surface area contributed by atoms with Gasteiger partial charge in [-0.25, -0.2) is 0 Å². The van der Waals surface area contributed by atoms with Gasteiger partial charge in [0.1, 0.15) is 0 Å². The smallest absolute Gasteiger partial charge is 0.0234 e. The Bertz CT molecular complexity index is 390. The lowest BCUT2D eigenvalue weighted by molar-refractivity contribution is 0.216. The largest absolute Gasteiger partial charge is 0.317 e. The van der Waals surface area contributed by atoms with Crippen molar-refractivity contribution in [1.29, 1.82) is 0 Å². The van der Waals surface area contributed by atoms with Crippen molar-refractivity contribution >= 4 is 28.3 Å². The maximum Gasteiger partial charge on any atom is 0.0234 e. The molecule has 1 aromatic rings. The van der Waals surface area contributed by atoms with E-state index in [1.165, 1.54) is 41.4 Å². The molecule has 0 spiro atoms. The molecule has 0 bridgehead atoms. The Balaban J connectivity index is 0.00000180. The average Bonchev–Trinajstić information content (AvgIpc) is 2.62. The van der Waals surface area contributed by atoms with Gasteiger partial charge in [-0.1, -0.05) is 28.1 Å². The molecule has 4 heteroatoms. The number of rotatable bonds is 3. The van der Waals surface area contributed by atoms with Crippen LogP contribution in [0, 0.1) is 6.92 Å². The Morgan fingerprint density at radius 1 is 1.32 bits per heavy atom. The van der Waals surface area contributed by atoms with Crippen LogP contribution in [-0.2, 0) is 6.54 Å². The van der Waals surface area contributed by atoms with Crippen LogP contribution in [0.4, 0.5) is 0 Å². The number of nitrogens with one attached hydrogen (secondary N) is 1. The van der Waals surface area contributed by atoms with Crippen LogP contribution in [0.3, 0.4) is 0 Å². The van der Waals surface area contributed by atoms with E-state index >= 15 is 0 Å². The van der Waals surface area contributed by atoms with Crippen molar-refractivity contribution in [2.45, 2.75) is 38.8 Å². The van der Waals surface area contributed by atoms with E-state index in [1.54, 1.807) is 0 Å². The van der Waals surface area contributed by atoms with Gasteiger partial charge in [0, 0.05) is 17.1 Å². The van der Waals surface area contributed by atoms with Gasteiger partial charge in [0.05, 0.1) is 0 Å². The monoisotopic (exact) mass is 346 g/mol. The summed E-state index contributed by atoms with van der Waals surface area (Å²) in [5.74, 6) is 0. The molecular weight excluding hydrogens is 324 g/mol. The first-order valence-electron chi connectivity index (χ1n) is 6.83. The lowest BCUT2D eigenvalue weighted by Crippen LogP contribution is -2.32. The number of hydrogen-bond acceptors (Lipinski definition) is 2. The summed E-state index contributed by atoms with van der Waals surface area (Å²) in [4.78, 5) is 2.50. The van der Waals surface area contributed by atoms with Gasteiger partial charge in [0.15, 0.2) is 0 Å². The second kappa shape index (κ2) is 8.25. The molecule has 2 rings (SSSR count). The first-order valence-corrected chi connectivity index (χ1v) is 7.62. The van der Waals surface area contributed by atoms with Gasteiger partial charge in [-0.05, 0) is 63.5 Å². The predicted octanol–water partition coefficient (Wildman–Crippen LogP) is 3.75. The topological polar surface area (TPSA) is 15.3 Å². The molecule has 1 heterocycles. The molecule has 1 aromatic carbocycles. The molecule has 1 N–H and O–H groups in total. The third-order valence-electron chi connectivity index (χ3n) is 3.84. The molecule has 0 saturated carbocycles. The highest BCUT2D eigenvalue weighted by atomic mass is 79.9. The quantitative estimate of drug-likeness (QED) is 0.896. The number of hydrogen-bond donors (Lipinski definition) is 1. The number of halogens is 2. The summed E-state index contributed by atoms with van der Waals surface area (Å²) in [6, 6.07) is 7.41. The van der Waals surface area contributed by atoms with E-state index < -0.39 is 0 Å². The Labute approximate surface area is 131 Å². The molecule has 1 aliphatic heterocycles. The van der Waals surface area contributed by atoms with Crippen molar-refractivity contribution in [3.05, 3.63) is 33.8 Å². The zero-order valence-corrected chi connectivity index (χ0v) is 14.2. The Morgan fingerprint density at radius 3 is 2.84 bits per heavy atom. The van der Waals surface area contributed by atoms with E-state index in [0.29, 0.717) is 0 Å². The van der Waals surface area contributed by atoms with Crippen molar-refractivity contribution in [3.63, 3.8) is 0 Å². The molecule has 1 atom stereocenters. The van der Waals surface area contributed by atoms with Gasteiger partial charge in [0.2, 0.25) is 0 Å². The van der Waals surface area contributed by atoms with Gasteiger partial charge in [-0.15, -0.1) is 12.4 Å². The molecule has 2 nitrogen and oxygen atoms in total. The molecule has 0 amide bonds. The maximum atomic E-state index is 3.62. The zero-order chi connectivity index (χ0) is 13.0. The lowest BCUT2D eigenvalue weighted by Gasteiger charge is -2.27. The number of benzene rings is 1. The van der Waals surface area contributed by atoms with Crippen molar-refractivity contribution in [3.8, 4) is 0 Å². The van der Waals surface area contributed by atoms with Crippen LogP contribution >= 0.6 is 28.3 Å². The Hall–Kier alpha value is -0.0900. The van der Waals surface area contributed by atoms with Crippen LogP contribution in [0.5, 0.6) is 0 Å². The standard InChI is InChI=1S/C15H23BrN2.ClH/c1-12-5-6-13(10-15(12)16)11-18(2)14-4-3-8-17-9-7-14;/h5-6,10,14,17H,3-4,7-9,11H2,1-2H3;1H. The first-order chi connectivity index (χ1) is 8.66. The van der Waals surface area contributed by atoms with Crippen molar-refractivity contribution in [2.24, 2.45) is 0 Å². The lowest BCUT2D eigenvalue weighted by atomic mass is 10.1. The summed E-state index contributed by atoms with van der Waals surface area (Å²) in [6.45, 7) is 5.52. The minimum absolute atomic E-state index is 0. The highest BCUT2D eigenvalue weighted by Gasteiger charge is 2.16. The highest BCUT2D eigenvalue weighted by molar-refractivity contribution is 9.10. The van der Waals surface area contributed by atoms with Crippen LogP contribution in [0.1, 0.15) is 30.4 Å². The molecule has 0 aliphatic carbocycles. The minimum Gasteiger partial charge on any atom is -0.317 e. The van der Waals surface area contributed by atoms with Crippen LogP contribution in [0.2, 0.25) is 0 Å². The van der Waals surface area contributed by atoms with Crippen molar-refractivity contribution in [2.75, 3.05) is 20.1 Å². The predicted molar refractivity (Wildman–Crippen MR) is 88.1 cm³/mol. The van der Waals surface area contributed by atoms with Gasteiger partial charge >= 0.3 is 0 Å². The molecule has 1 unspecified atom stereocenters. The maximum absolute atomic E-state index is 3.62. The fourth-order valence-corrected chi connectivity index (χ4v) is 3.02. The first kappa shape index (κ1) is 17.0. The van der Waals surface area contributed by atoms with Gasteiger partial charge in [-0.3, -0.25) is 4.90 Å². The number of nitrogens with zero attached hydrogens (tertiary/aromatic N) is 1. The van der Waals surface area contributed by atoms with Gasteiger partial charge in [-0.2, -0.15) is 0 Å². The van der Waals surface area contributed by atoms with E-state index in [2.05, 4.69) is 58.3 Å². The second-order valence-corrected chi connectivity index (χ2v) is 6.19. The summed E-state index contributed by atoms with van der Waals surface area (Å²) in [5.41, 5.74) is 2.70. The van der Waals surface area contributed by atoms with Crippen LogP contribution < -0.4 is 5.32 Å². The Morgan fingerprint density at radius 2 is 2.11 bits per heavy atom. The summed E-state index contributed by atoms with van der Waals surface area (Å²) in [7, 11) is 2.25. The summed E-state index contributed by atoms with van der Waals surface area (Å²) in [6.07, 6.45) is 3.88. The van der Waals surface area contributed by atoms with E-state index in [4.69, 9.17) is 0 Å². The molecular formula is C15H24BrClN2. The van der Waals surface area contributed by atoms with Crippen LogP contribution in [-0.4, -0.2) is 31.1 Å². The zero-order valence-electron chi connectivity index (χ0n) is 11.8. The van der Waals surface area contributed by atoms with Crippen LogP contribution in [0.25, 0.3) is 0 Å². The summed E-state index contributed by atoms with van der Waals surface area (Å²) >= 11 is 3.62. The van der Waals surface area contributed by atoms with Crippen molar-refractivity contribution < 1.29 is 0 Å². The van der Waals surface area contributed by atoms with Crippen LogP contribution in [0.15, 0.2) is 22.7 Å². The second-order valence-electron chi connectivity index (χ2n) is 5.33. The summed E-state index contributed by atoms with van der Waals surface area (Å²) in [5, 5.41) is 3.48.